The molecule has 0 heterocycles. The minimum absolute atomic E-state index is 1.24. The summed E-state index contributed by atoms with van der Waals surface area (Å²) < 4.78 is 0. The van der Waals surface area contributed by atoms with Crippen molar-refractivity contribution < 1.29 is 0 Å². The molecule has 44 heavy (non-hydrogen) atoms. The van der Waals surface area contributed by atoms with Gasteiger partial charge in [0.1, 0.15) is 0 Å². The maximum atomic E-state index is 2.34. The molecular formula is C44H28. The Morgan fingerprint density at radius 2 is 0.682 bits per heavy atom. The average Bonchev–Trinajstić information content (AvgIpc) is 3.10. The third-order valence-electron chi connectivity index (χ3n) is 9.19. The first kappa shape index (κ1) is 24.8. The van der Waals surface area contributed by atoms with Gasteiger partial charge < -0.3 is 0 Å². The van der Waals surface area contributed by atoms with Crippen molar-refractivity contribution in [1.82, 2.24) is 0 Å². The average molecular weight is 557 g/mol. The van der Waals surface area contributed by atoms with Gasteiger partial charge in [0.2, 0.25) is 0 Å². The number of hydrogen-bond acceptors (Lipinski definition) is 0. The molecule has 0 atom stereocenters. The van der Waals surface area contributed by atoms with Crippen LogP contribution < -0.4 is 0 Å². The second kappa shape index (κ2) is 9.93. The molecule has 0 heteroatoms. The molecule has 0 N–H and O–H groups in total. The molecule has 0 bridgehead atoms. The van der Waals surface area contributed by atoms with E-state index in [0.717, 1.165) is 0 Å². The number of rotatable bonds is 3. The summed E-state index contributed by atoms with van der Waals surface area (Å²) in [6.07, 6.45) is 0. The Morgan fingerprint density at radius 3 is 1.48 bits per heavy atom. The molecule has 0 aliphatic rings. The summed E-state index contributed by atoms with van der Waals surface area (Å²) in [4.78, 5) is 0. The van der Waals surface area contributed by atoms with Crippen LogP contribution in [0, 0.1) is 0 Å². The van der Waals surface area contributed by atoms with Gasteiger partial charge in [-0.25, -0.2) is 0 Å². The highest BCUT2D eigenvalue weighted by Gasteiger charge is 2.11. The molecule has 0 saturated heterocycles. The zero-order valence-electron chi connectivity index (χ0n) is 24.2. The van der Waals surface area contributed by atoms with Crippen molar-refractivity contribution in [3.63, 3.8) is 0 Å². The van der Waals surface area contributed by atoms with E-state index in [0.29, 0.717) is 0 Å². The molecule has 0 radical (unpaired) electrons. The summed E-state index contributed by atoms with van der Waals surface area (Å²) in [5.41, 5.74) is 7.52. The fraction of sp³-hybridized carbons (Fsp3) is 0. The lowest BCUT2D eigenvalue weighted by Gasteiger charge is -2.13. The molecule has 0 saturated carbocycles. The van der Waals surface area contributed by atoms with Crippen molar-refractivity contribution in [2.75, 3.05) is 0 Å². The Kier molecular flexibility index (Phi) is 5.61. The van der Waals surface area contributed by atoms with Gasteiger partial charge in [0, 0.05) is 0 Å². The summed E-state index contributed by atoms with van der Waals surface area (Å²) >= 11 is 0. The lowest BCUT2D eigenvalue weighted by molar-refractivity contribution is 1.65. The third kappa shape index (κ3) is 4.07. The standard InChI is InChI=1S/C44H28/c1-2-9-30-25-37(20-16-29(30)8-1)39-15-7-11-35-26-34(22-23-41(35)39)31-17-18-33-27-38(21-19-32(33)24-31)44-28-36-10-3-4-12-40(36)42-13-5-6-14-43(42)44/h1-28H. The molecule has 0 aliphatic carbocycles. The minimum atomic E-state index is 1.24. The van der Waals surface area contributed by atoms with E-state index in [4.69, 9.17) is 0 Å². The lowest BCUT2D eigenvalue weighted by atomic mass is 9.91. The summed E-state index contributed by atoms with van der Waals surface area (Å²) in [5.74, 6) is 0. The Labute approximate surface area is 256 Å². The van der Waals surface area contributed by atoms with Crippen LogP contribution in [0.5, 0.6) is 0 Å². The largest absolute Gasteiger partial charge is 0.0616 e. The van der Waals surface area contributed by atoms with Crippen molar-refractivity contribution >= 4 is 53.9 Å². The van der Waals surface area contributed by atoms with E-state index in [1.807, 2.05) is 0 Å². The Morgan fingerprint density at radius 1 is 0.205 bits per heavy atom. The van der Waals surface area contributed by atoms with Crippen LogP contribution in [-0.4, -0.2) is 0 Å². The van der Waals surface area contributed by atoms with Crippen LogP contribution >= 0.6 is 0 Å². The Hall–Kier alpha value is -5.72. The topological polar surface area (TPSA) is 0 Å². The number of hydrogen-bond donors (Lipinski definition) is 0. The van der Waals surface area contributed by atoms with Crippen LogP contribution in [0.4, 0.5) is 0 Å². The van der Waals surface area contributed by atoms with E-state index in [9.17, 15) is 0 Å². The molecule has 9 aromatic carbocycles. The first-order valence-corrected chi connectivity index (χ1v) is 15.3. The minimum Gasteiger partial charge on any atom is -0.0616 e. The summed E-state index contributed by atoms with van der Waals surface area (Å²) in [6, 6.07) is 62.4. The van der Waals surface area contributed by atoms with Crippen molar-refractivity contribution in [2.45, 2.75) is 0 Å². The summed E-state index contributed by atoms with van der Waals surface area (Å²) in [7, 11) is 0. The van der Waals surface area contributed by atoms with Crippen LogP contribution in [0.25, 0.3) is 87.2 Å². The van der Waals surface area contributed by atoms with Crippen LogP contribution in [0.3, 0.4) is 0 Å². The highest BCUT2D eigenvalue weighted by molar-refractivity contribution is 6.14. The molecule has 204 valence electrons. The molecule has 0 aliphatic heterocycles. The van der Waals surface area contributed by atoms with E-state index in [1.165, 1.54) is 87.2 Å². The molecule has 0 aromatic heterocycles. The van der Waals surface area contributed by atoms with Gasteiger partial charge in [-0.2, -0.15) is 0 Å². The smallest absolute Gasteiger partial charge is 0.00988 e. The SMILES string of the molecule is c1ccc2cc(-c3cccc4cc(-c5ccc6cc(-c7cc8ccccc8c8ccccc78)ccc6c5)ccc34)ccc2c1. The zero-order valence-corrected chi connectivity index (χ0v) is 24.2. The van der Waals surface area contributed by atoms with E-state index in [-0.39, 0.29) is 0 Å². The Balaban J connectivity index is 1.11. The fourth-order valence-electron chi connectivity index (χ4n) is 6.96. The second-order valence-corrected chi connectivity index (χ2v) is 11.8. The molecule has 0 nitrogen and oxygen atoms in total. The predicted octanol–water partition coefficient (Wildman–Crippen LogP) is 12.5. The molecule has 9 aromatic rings. The summed E-state index contributed by atoms with van der Waals surface area (Å²) in [6.45, 7) is 0. The van der Waals surface area contributed by atoms with Crippen molar-refractivity contribution in [3.8, 4) is 33.4 Å². The maximum absolute atomic E-state index is 2.34. The van der Waals surface area contributed by atoms with E-state index in [2.05, 4.69) is 170 Å². The van der Waals surface area contributed by atoms with Gasteiger partial charge in [-0.1, -0.05) is 140 Å². The van der Waals surface area contributed by atoms with Crippen LogP contribution in [0.1, 0.15) is 0 Å². The van der Waals surface area contributed by atoms with Crippen molar-refractivity contribution in [2.24, 2.45) is 0 Å². The number of benzene rings is 9. The normalized spacial score (nSPS) is 11.6. The predicted molar refractivity (Wildman–Crippen MR) is 190 cm³/mol. The summed E-state index contributed by atoms with van der Waals surface area (Å²) in [5, 5.41) is 12.8. The van der Waals surface area contributed by atoms with Crippen LogP contribution in [0.2, 0.25) is 0 Å². The lowest BCUT2D eigenvalue weighted by Crippen LogP contribution is -1.86. The van der Waals surface area contributed by atoms with Gasteiger partial charge in [-0.05, 0) is 118 Å². The molecule has 0 amide bonds. The molecule has 0 unspecified atom stereocenters. The van der Waals surface area contributed by atoms with Gasteiger partial charge in [0.25, 0.3) is 0 Å². The third-order valence-corrected chi connectivity index (χ3v) is 9.19. The fourth-order valence-corrected chi connectivity index (χ4v) is 6.96. The highest BCUT2D eigenvalue weighted by Crippen LogP contribution is 2.38. The van der Waals surface area contributed by atoms with Gasteiger partial charge in [0.05, 0.1) is 0 Å². The first-order chi connectivity index (χ1) is 21.8. The van der Waals surface area contributed by atoms with Gasteiger partial charge in [-0.15, -0.1) is 0 Å². The molecular weight excluding hydrogens is 528 g/mol. The van der Waals surface area contributed by atoms with Gasteiger partial charge in [-0.3, -0.25) is 0 Å². The number of fused-ring (bicyclic) bond motifs is 6. The maximum Gasteiger partial charge on any atom is -0.00988 e. The molecule has 9 rings (SSSR count). The van der Waals surface area contributed by atoms with Crippen LogP contribution in [0.15, 0.2) is 170 Å². The zero-order chi connectivity index (χ0) is 29.0. The molecule has 0 spiro atoms. The van der Waals surface area contributed by atoms with Crippen LogP contribution in [-0.2, 0) is 0 Å². The van der Waals surface area contributed by atoms with E-state index in [1.54, 1.807) is 0 Å². The molecule has 0 fully saturated rings. The van der Waals surface area contributed by atoms with Gasteiger partial charge in [0.15, 0.2) is 0 Å². The monoisotopic (exact) mass is 556 g/mol. The Bertz CT molecular complexity index is 2550. The second-order valence-electron chi connectivity index (χ2n) is 11.8. The van der Waals surface area contributed by atoms with E-state index >= 15 is 0 Å². The van der Waals surface area contributed by atoms with Gasteiger partial charge >= 0.3 is 0 Å². The van der Waals surface area contributed by atoms with Crippen molar-refractivity contribution in [3.05, 3.63) is 170 Å². The van der Waals surface area contributed by atoms with E-state index < -0.39 is 0 Å². The quantitative estimate of drug-likeness (QED) is 0.190. The highest BCUT2D eigenvalue weighted by atomic mass is 14.1. The van der Waals surface area contributed by atoms with Crippen molar-refractivity contribution in [1.29, 1.82) is 0 Å². The first-order valence-electron chi connectivity index (χ1n) is 15.3.